The zero-order valence-electron chi connectivity index (χ0n) is 15.6. The fourth-order valence-corrected chi connectivity index (χ4v) is 6.21. The van der Waals surface area contributed by atoms with Gasteiger partial charge in [-0.1, -0.05) is 0 Å². The van der Waals surface area contributed by atoms with Crippen LogP contribution < -0.4 is 0 Å². The molecule has 0 aromatic carbocycles. The highest BCUT2D eigenvalue weighted by molar-refractivity contribution is 7.89. The third-order valence-corrected chi connectivity index (χ3v) is 8.03. The highest BCUT2D eigenvalue weighted by Crippen LogP contribution is 2.43. The predicted octanol–water partition coefficient (Wildman–Crippen LogP) is 1.63. The minimum atomic E-state index is -3.51. The summed E-state index contributed by atoms with van der Waals surface area (Å²) in [5.41, 5.74) is 1.08. The first-order valence-corrected chi connectivity index (χ1v) is 10.4. The Morgan fingerprint density at radius 3 is 2.56 bits per heavy atom. The molecular formula is C17H29N3O4S. The minimum Gasteiger partial charge on any atom is -0.385 e. The van der Waals surface area contributed by atoms with Gasteiger partial charge in [-0.15, -0.1) is 0 Å². The maximum absolute atomic E-state index is 13.1. The van der Waals surface area contributed by atoms with E-state index in [0.29, 0.717) is 35.3 Å². The summed E-state index contributed by atoms with van der Waals surface area (Å²) in [6.45, 7) is 6.05. The molecule has 0 saturated carbocycles. The van der Waals surface area contributed by atoms with E-state index in [2.05, 4.69) is 5.10 Å². The third-order valence-electron chi connectivity index (χ3n) is 5.88. The fraction of sp³-hybridized carbons (Fsp3) is 0.824. The second-order valence-corrected chi connectivity index (χ2v) is 9.08. The van der Waals surface area contributed by atoms with E-state index in [1.807, 2.05) is 0 Å². The number of methoxy groups -OCH3 is 1. The van der Waals surface area contributed by atoms with Crippen LogP contribution in [0, 0.1) is 19.8 Å². The summed E-state index contributed by atoms with van der Waals surface area (Å²) in [6, 6.07) is 0. The van der Waals surface area contributed by atoms with Crippen molar-refractivity contribution in [3.05, 3.63) is 11.4 Å². The molecule has 2 aliphatic rings. The van der Waals surface area contributed by atoms with Gasteiger partial charge in [-0.3, -0.25) is 4.68 Å². The second-order valence-electron chi connectivity index (χ2n) is 7.21. The SMILES string of the molecule is COCC[C@H]1CCOC12CCN(S(=O)(=O)c1c(C)nn(C)c1C)CC2. The molecule has 0 bridgehead atoms. The van der Waals surface area contributed by atoms with Crippen LogP contribution in [0.1, 0.15) is 37.1 Å². The molecule has 0 amide bonds. The molecule has 1 spiro atoms. The Hall–Kier alpha value is -0.960. The maximum atomic E-state index is 13.1. The fourth-order valence-electron chi connectivity index (χ4n) is 4.37. The smallest absolute Gasteiger partial charge is 0.246 e. The molecule has 0 unspecified atom stereocenters. The van der Waals surface area contributed by atoms with Crippen molar-refractivity contribution in [2.75, 3.05) is 33.4 Å². The van der Waals surface area contributed by atoms with Gasteiger partial charge >= 0.3 is 0 Å². The predicted molar refractivity (Wildman–Crippen MR) is 94.0 cm³/mol. The number of rotatable bonds is 5. The lowest BCUT2D eigenvalue weighted by Gasteiger charge is -2.41. The molecule has 1 aromatic rings. The first kappa shape index (κ1) is 18.8. The number of nitrogens with zero attached hydrogens (tertiary/aromatic N) is 3. The van der Waals surface area contributed by atoms with Gasteiger partial charge in [-0.2, -0.15) is 9.40 Å². The zero-order valence-corrected chi connectivity index (χ0v) is 16.4. The molecule has 2 fully saturated rings. The Kier molecular flexibility index (Phi) is 5.26. The van der Waals surface area contributed by atoms with Crippen molar-refractivity contribution in [1.29, 1.82) is 0 Å². The van der Waals surface area contributed by atoms with Gasteiger partial charge in [0.1, 0.15) is 4.90 Å². The summed E-state index contributed by atoms with van der Waals surface area (Å²) in [5, 5.41) is 4.26. The lowest BCUT2D eigenvalue weighted by Crippen LogP contribution is -2.49. The number of ether oxygens (including phenoxy) is 2. The summed E-state index contributed by atoms with van der Waals surface area (Å²) < 4.78 is 40.8. The molecule has 8 heteroatoms. The number of aryl methyl sites for hydroxylation is 2. The van der Waals surface area contributed by atoms with Crippen LogP contribution in [0.15, 0.2) is 4.90 Å². The summed E-state index contributed by atoms with van der Waals surface area (Å²) in [4.78, 5) is 0.356. The van der Waals surface area contributed by atoms with Gasteiger partial charge in [0.05, 0.1) is 17.0 Å². The maximum Gasteiger partial charge on any atom is 0.246 e. The van der Waals surface area contributed by atoms with Gasteiger partial charge in [-0.25, -0.2) is 8.42 Å². The Bertz CT molecular complexity index is 720. The van der Waals surface area contributed by atoms with Crippen LogP contribution in [0.5, 0.6) is 0 Å². The van der Waals surface area contributed by atoms with Crippen molar-refractivity contribution in [2.45, 2.75) is 50.0 Å². The monoisotopic (exact) mass is 371 g/mol. The Balaban J connectivity index is 1.75. The van der Waals surface area contributed by atoms with Gasteiger partial charge < -0.3 is 9.47 Å². The quantitative estimate of drug-likeness (QED) is 0.787. The summed E-state index contributed by atoms with van der Waals surface area (Å²) in [7, 11) is -0.0179. The van der Waals surface area contributed by atoms with Crippen LogP contribution in [0.3, 0.4) is 0 Å². The highest BCUT2D eigenvalue weighted by atomic mass is 32.2. The first-order chi connectivity index (χ1) is 11.8. The Morgan fingerprint density at radius 2 is 2.00 bits per heavy atom. The van der Waals surface area contributed by atoms with Gasteiger partial charge in [0.2, 0.25) is 10.0 Å². The van der Waals surface area contributed by atoms with Gasteiger partial charge in [0, 0.05) is 40.5 Å². The first-order valence-electron chi connectivity index (χ1n) is 8.95. The molecule has 0 radical (unpaired) electrons. The van der Waals surface area contributed by atoms with Gasteiger partial charge in [-0.05, 0) is 45.4 Å². The molecule has 3 heterocycles. The van der Waals surface area contributed by atoms with Crippen LogP contribution in [-0.4, -0.2) is 61.5 Å². The van der Waals surface area contributed by atoms with Crippen molar-refractivity contribution in [1.82, 2.24) is 14.1 Å². The average Bonchev–Trinajstić information content (AvgIpc) is 3.06. The van der Waals surface area contributed by atoms with E-state index in [1.54, 1.807) is 37.0 Å². The average molecular weight is 372 g/mol. The van der Waals surface area contributed by atoms with Crippen LogP contribution >= 0.6 is 0 Å². The molecule has 25 heavy (non-hydrogen) atoms. The minimum absolute atomic E-state index is 0.177. The van der Waals surface area contributed by atoms with E-state index in [4.69, 9.17) is 9.47 Å². The molecule has 2 aliphatic heterocycles. The Labute approximate surface area is 150 Å². The van der Waals surface area contributed by atoms with Crippen molar-refractivity contribution in [2.24, 2.45) is 13.0 Å². The summed E-state index contributed by atoms with van der Waals surface area (Å²) in [5.74, 6) is 0.458. The van der Waals surface area contributed by atoms with Gasteiger partial charge in [0.15, 0.2) is 0 Å². The lowest BCUT2D eigenvalue weighted by molar-refractivity contribution is -0.0603. The molecule has 7 nitrogen and oxygen atoms in total. The number of aromatic nitrogens is 2. The molecule has 142 valence electrons. The molecule has 0 N–H and O–H groups in total. The van der Waals surface area contributed by atoms with Crippen molar-refractivity contribution in [3.8, 4) is 0 Å². The number of hydrogen-bond acceptors (Lipinski definition) is 5. The largest absolute Gasteiger partial charge is 0.385 e. The van der Waals surface area contributed by atoms with Crippen LogP contribution in [-0.2, 0) is 26.5 Å². The van der Waals surface area contributed by atoms with E-state index >= 15 is 0 Å². The van der Waals surface area contributed by atoms with Crippen molar-refractivity contribution < 1.29 is 17.9 Å². The normalized spacial score (nSPS) is 24.2. The molecule has 2 saturated heterocycles. The van der Waals surface area contributed by atoms with Crippen LogP contribution in [0.2, 0.25) is 0 Å². The number of sulfonamides is 1. The summed E-state index contributed by atoms with van der Waals surface area (Å²) in [6.07, 6.45) is 3.51. The Morgan fingerprint density at radius 1 is 1.32 bits per heavy atom. The topological polar surface area (TPSA) is 73.7 Å². The third kappa shape index (κ3) is 3.25. The highest BCUT2D eigenvalue weighted by Gasteiger charge is 2.47. The van der Waals surface area contributed by atoms with Crippen LogP contribution in [0.25, 0.3) is 0 Å². The molecular weight excluding hydrogens is 342 g/mol. The van der Waals surface area contributed by atoms with E-state index in [9.17, 15) is 8.42 Å². The molecule has 0 aliphatic carbocycles. The standard InChI is InChI=1S/C17H29N3O4S/c1-13-16(14(2)19(3)18-13)25(21,22)20-9-7-17(8-10-20)15(5-11-23-4)6-12-24-17/h15H,5-12H2,1-4H3/t15-/m0/s1. The number of hydrogen-bond donors (Lipinski definition) is 0. The van der Waals surface area contributed by atoms with Gasteiger partial charge in [0.25, 0.3) is 0 Å². The zero-order chi connectivity index (χ0) is 18.2. The van der Waals surface area contributed by atoms with E-state index in [0.717, 1.165) is 38.9 Å². The molecule has 1 aromatic heterocycles. The van der Waals surface area contributed by atoms with Crippen molar-refractivity contribution in [3.63, 3.8) is 0 Å². The second kappa shape index (κ2) is 6.98. The number of piperidine rings is 1. The summed E-state index contributed by atoms with van der Waals surface area (Å²) >= 11 is 0. The van der Waals surface area contributed by atoms with Crippen LogP contribution in [0.4, 0.5) is 0 Å². The molecule has 3 rings (SSSR count). The van der Waals surface area contributed by atoms with Crippen molar-refractivity contribution >= 4 is 10.0 Å². The lowest BCUT2D eigenvalue weighted by atomic mass is 9.78. The molecule has 1 atom stereocenters. The van der Waals surface area contributed by atoms with E-state index in [1.165, 1.54) is 0 Å². The van der Waals surface area contributed by atoms with E-state index in [-0.39, 0.29) is 5.60 Å². The van der Waals surface area contributed by atoms with E-state index < -0.39 is 10.0 Å².